The number of aromatic nitrogens is 3. The molecule has 0 spiro atoms. The van der Waals surface area contributed by atoms with Crippen molar-refractivity contribution in [3.63, 3.8) is 0 Å². The van der Waals surface area contributed by atoms with Gasteiger partial charge in [-0.15, -0.1) is 5.10 Å². The summed E-state index contributed by atoms with van der Waals surface area (Å²) < 4.78 is 7.23. The first-order valence-corrected chi connectivity index (χ1v) is 8.23. The van der Waals surface area contributed by atoms with Gasteiger partial charge in [0.15, 0.2) is 5.65 Å². The minimum Gasteiger partial charge on any atom is -0.392 e. The van der Waals surface area contributed by atoms with E-state index in [2.05, 4.69) is 10.3 Å². The molecule has 0 bridgehead atoms. The average Bonchev–Trinajstić information content (AvgIpc) is 3.05. The number of aliphatic hydroxyl groups is 1. The lowest BCUT2D eigenvalue weighted by atomic mass is 10.1. The molecule has 1 aliphatic heterocycles. The van der Waals surface area contributed by atoms with Crippen LogP contribution in [0.25, 0.3) is 16.9 Å². The lowest BCUT2D eigenvalue weighted by Crippen LogP contribution is -2.28. The predicted molar refractivity (Wildman–Crippen MR) is 91.8 cm³/mol. The maximum atomic E-state index is 9.59. The van der Waals surface area contributed by atoms with E-state index in [0.29, 0.717) is 6.04 Å². The molecule has 6 nitrogen and oxygen atoms in total. The van der Waals surface area contributed by atoms with Gasteiger partial charge in [-0.25, -0.2) is 9.50 Å². The largest absolute Gasteiger partial charge is 0.392 e. The lowest BCUT2D eigenvalue weighted by molar-refractivity contribution is 0.0903. The molecule has 0 radical (unpaired) electrons. The van der Waals surface area contributed by atoms with E-state index >= 15 is 0 Å². The summed E-state index contributed by atoms with van der Waals surface area (Å²) in [5.41, 5.74) is 3.48. The maximum absolute atomic E-state index is 9.59. The molecule has 0 amide bonds. The van der Waals surface area contributed by atoms with Gasteiger partial charge >= 0.3 is 0 Å². The van der Waals surface area contributed by atoms with Crippen molar-refractivity contribution in [1.29, 1.82) is 0 Å². The smallest absolute Gasteiger partial charge is 0.154 e. The van der Waals surface area contributed by atoms with Crippen LogP contribution >= 0.6 is 0 Å². The number of aliphatic hydroxyl groups excluding tert-OH is 1. The number of hydrogen-bond acceptors (Lipinski definition) is 5. The Bertz CT molecular complexity index is 840. The van der Waals surface area contributed by atoms with Crippen LogP contribution in [0.2, 0.25) is 0 Å². The predicted octanol–water partition coefficient (Wildman–Crippen LogP) is 2.48. The molecule has 0 atom stereocenters. The van der Waals surface area contributed by atoms with Crippen molar-refractivity contribution in [1.82, 2.24) is 14.6 Å². The van der Waals surface area contributed by atoms with Crippen LogP contribution in [0, 0.1) is 0 Å². The summed E-state index contributed by atoms with van der Waals surface area (Å²) in [5.74, 6) is 0.829. The average molecular weight is 324 g/mol. The van der Waals surface area contributed by atoms with Crippen LogP contribution in [0.15, 0.2) is 42.6 Å². The van der Waals surface area contributed by atoms with Gasteiger partial charge in [-0.2, -0.15) is 0 Å². The highest BCUT2D eigenvalue weighted by Gasteiger charge is 2.15. The van der Waals surface area contributed by atoms with Crippen molar-refractivity contribution in [2.75, 3.05) is 18.5 Å². The molecule has 1 aromatic carbocycles. The summed E-state index contributed by atoms with van der Waals surface area (Å²) >= 11 is 0. The standard InChI is InChI=1S/C18H20N4O2/c23-12-13-3-1-2-4-15(13)16-11-19-18-6-5-17(21-22(16)18)20-14-7-9-24-10-8-14/h1-6,11,14,23H,7-10,12H2,(H,20,21). The zero-order valence-corrected chi connectivity index (χ0v) is 13.4. The van der Waals surface area contributed by atoms with Crippen LogP contribution < -0.4 is 5.32 Å². The van der Waals surface area contributed by atoms with E-state index in [1.54, 1.807) is 6.20 Å². The summed E-state index contributed by atoms with van der Waals surface area (Å²) in [6, 6.07) is 12.1. The Morgan fingerprint density at radius 2 is 2.00 bits per heavy atom. The summed E-state index contributed by atoms with van der Waals surface area (Å²) in [7, 11) is 0. The second kappa shape index (κ2) is 6.59. The third-order valence-electron chi connectivity index (χ3n) is 4.40. The zero-order chi connectivity index (χ0) is 16.4. The van der Waals surface area contributed by atoms with E-state index < -0.39 is 0 Å². The molecule has 3 heterocycles. The van der Waals surface area contributed by atoms with Crippen molar-refractivity contribution < 1.29 is 9.84 Å². The highest BCUT2D eigenvalue weighted by atomic mass is 16.5. The fourth-order valence-electron chi connectivity index (χ4n) is 3.09. The van der Waals surface area contributed by atoms with E-state index in [1.165, 1.54) is 0 Å². The highest BCUT2D eigenvalue weighted by molar-refractivity contribution is 5.67. The van der Waals surface area contributed by atoms with E-state index in [4.69, 9.17) is 9.84 Å². The lowest BCUT2D eigenvalue weighted by Gasteiger charge is -2.23. The number of fused-ring (bicyclic) bond motifs is 1. The molecule has 3 aromatic rings. The Balaban J connectivity index is 1.70. The van der Waals surface area contributed by atoms with Crippen molar-refractivity contribution in [2.24, 2.45) is 0 Å². The molecule has 1 fully saturated rings. The number of anilines is 1. The zero-order valence-electron chi connectivity index (χ0n) is 13.4. The fourth-order valence-corrected chi connectivity index (χ4v) is 3.09. The summed E-state index contributed by atoms with van der Waals surface area (Å²) in [6.07, 6.45) is 3.78. The van der Waals surface area contributed by atoms with E-state index in [1.807, 2.05) is 40.9 Å². The quantitative estimate of drug-likeness (QED) is 0.771. The maximum Gasteiger partial charge on any atom is 0.154 e. The van der Waals surface area contributed by atoms with Crippen molar-refractivity contribution in [3.8, 4) is 11.3 Å². The summed E-state index contributed by atoms with van der Waals surface area (Å²) in [6.45, 7) is 1.57. The van der Waals surface area contributed by atoms with Gasteiger partial charge in [0, 0.05) is 24.8 Å². The second-order valence-electron chi connectivity index (χ2n) is 5.98. The van der Waals surface area contributed by atoms with Gasteiger partial charge in [0.2, 0.25) is 0 Å². The molecule has 4 rings (SSSR count). The van der Waals surface area contributed by atoms with Crippen LogP contribution in [0.4, 0.5) is 5.82 Å². The molecule has 0 saturated carbocycles. The number of ether oxygens (including phenoxy) is 1. The monoisotopic (exact) mass is 324 g/mol. The summed E-state index contributed by atoms with van der Waals surface area (Å²) in [5, 5.41) is 17.8. The Morgan fingerprint density at radius 1 is 1.17 bits per heavy atom. The van der Waals surface area contributed by atoms with E-state index in [0.717, 1.165) is 54.3 Å². The Kier molecular flexibility index (Phi) is 4.15. The number of benzene rings is 1. The van der Waals surface area contributed by atoms with Crippen LogP contribution in [0.1, 0.15) is 18.4 Å². The molecular weight excluding hydrogens is 304 g/mol. The van der Waals surface area contributed by atoms with Crippen LogP contribution in [0.5, 0.6) is 0 Å². The minimum absolute atomic E-state index is 0.0105. The first-order valence-electron chi connectivity index (χ1n) is 8.23. The number of nitrogens with one attached hydrogen (secondary N) is 1. The van der Waals surface area contributed by atoms with Gasteiger partial charge < -0.3 is 15.2 Å². The van der Waals surface area contributed by atoms with Crippen molar-refractivity contribution >= 4 is 11.5 Å². The summed E-state index contributed by atoms with van der Waals surface area (Å²) in [4.78, 5) is 4.43. The van der Waals surface area contributed by atoms with Crippen LogP contribution in [-0.2, 0) is 11.3 Å². The number of rotatable bonds is 4. The van der Waals surface area contributed by atoms with Gasteiger partial charge in [-0.05, 0) is 30.5 Å². The SMILES string of the molecule is OCc1ccccc1-c1cnc2ccc(NC3CCOCC3)nn12. The van der Waals surface area contributed by atoms with Gasteiger partial charge in [-0.1, -0.05) is 24.3 Å². The first kappa shape index (κ1) is 15.1. The van der Waals surface area contributed by atoms with Crippen LogP contribution in [0.3, 0.4) is 0 Å². The molecule has 24 heavy (non-hydrogen) atoms. The van der Waals surface area contributed by atoms with E-state index in [-0.39, 0.29) is 6.61 Å². The van der Waals surface area contributed by atoms with Gasteiger partial charge in [0.05, 0.1) is 18.5 Å². The molecule has 1 saturated heterocycles. The van der Waals surface area contributed by atoms with Gasteiger partial charge in [0.1, 0.15) is 5.82 Å². The van der Waals surface area contributed by atoms with Gasteiger partial charge in [-0.3, -0.25) is 0 Å². The normalized spacial score (nSPS) is 15.7. The molecule has 1 aliphatic rings. The topological polar surface area (TPSA) is 71.7 Å². The second-order valence-corrected chi connectivity index (χ2v) is 5.98. The molecule has 0 unspecified atom stereocenters. The van der Waals surface area contributed by atoms with Crippen LogP contribution in [-0.4, -0.2) is 39.0 Å². The van der Waals surface area contributed by atoms with Crippen molar-refractivity contribution in [2.45, 2.75) is 25.5 Å². The molecule has 0 aliphatic carbocycles. The van der Waals surface area contributed by atoms with Gasteiger partial charge in [0.25, 0.3) is 0 Å². The number of nitrogens with zero attached hydrogens (tertiary/aromatic N) is 3. The molecule has 124 valence electrons. The molecular formula is C18H20N4O2. The number of hydrogen-bond donors (Lipinski definition) is 2. The molecule has 6 heteroatoms. The Morgan fingerprint density at radius 3 is 2.83 bits per heavy atom. The highest BCUT2D eigenvalue weighted by Crippen LogP contribution is 2.25. The number of imidazole rings is 1. The minimum atomic E-state index is -0.0105. The third-order valence-corrected chi connectivity index (χ3v) is 4.40. The van der Waals surface area contributed by atoms with E-state index in [9.17, 15) is 5.11 Å². The first-order chi connectivity index (χ1) is 11.8. The molecule has 2 aromatic heterocycles. The fraction of sp³-hybridized carbons (Fsp3) is 0.333. The van der Waals surface area contributed by atoms with Crippen molar-refractivity contribution in [3.05, 3.63) is 48.2 Å². The third kappa shape index (κ3) is 2.86. The Labute approximate surface area is 140 Å². The Hall–Kier alpha value is -2.44. The molecule has 2 N–H and O–H groups in total.